The van der Waals surface area contributed by atoms with Gasteiger partial charge >= 0.3 is 0 Å². The predicted octanol–water partition coefficient (Wildman–Crippen LogP) is 3.84. The Morgan fingerprint density at radius 3 is 2.50 bits per heavy atom. The molecule has 0 radical (unpaired) electrons. The minimum Gasteiger partial charge on any atom is -0.312 e. The van der Waals surface area contributed by atoms with Gasteiger partial charge < -0.3 is 4.90 Å². The maximum Gasteiger partial charge on any atom is 0.236 e. The second-order valence-electron chi connectivity index (χ2n) is 4.74. The molecule has 2 aromatic carbocycles. The van der Waals surface area contributed by atoms with E-state index >= 15 is 0 Å². The summed E-state index contributed by atoms with van der Waals surface area (Å²) >= 11 is 1.54. The first kappa shape index (κ1) is 16.1. The highest BCUT2D eigenvalue weighted by molar-refractivity contribution is 7.99. The highest BCUT2D eigenvalue weighted by Crippen LogP contribution is 2.19. The van der Waals surface area contributed by atoms with E-state index < -0.39 is 0 Å². The number of para-hydroxylation sites is 1. The second kappa shape index (κ2) is 8.26. The van der Waals surface area contributed by atoms with E-state index in [9.17, 15) is 4.79 Å². The molecule has 0 aromatic heterocycles. The van der Waals surface area contributed by atoms with Crippen molar-refractivity contribution in [1.29, 1.82) is 5.26 Å². The zero-order valence-electron chi connectivity index (χ0n) is 12.5. The minimum absolute atomic E-state index is 0.0909. The molecule has 4 heteroatoms. The highest BCUT2D eigenvalue weighted by atomic mass is 32.2. The lowest BCUT2D eigenvalue weighted by Crippen LogP contribution is -2.32. The normalized spacial score (nSPS) is 10.0. The maximum absolute atomic E-state index is 12.4. The number of carbonyl (C=O) groups excluding carboxylic acids is 1. The summed E-state index contributed by atoms with van der Waals surface area (Å²) in [6.45, 7) is 2.62. The van der Waals surface area contributed by atoms with Crippen LogP contribution in [0.1, 0.15) is 18.1 Å². The van der Waals surface area contributed by atoms with Crippen LogP contribution in [0.4, 0.5) is 5.69 Å². The summed E-state index contributed by atoms with van der Waals surface area (Å²) in [5, 5.41) is 9.07. The van der Waals surface area contributed by atoms with Crippen LogP contribution in [0.3, 0.4) is 0 Å². The fourth-order valence-electron chi connectivity index (χ4n) is 2.19. The average molecular weight is 310 g/mol. The minimum atomic E-state index is 0.0909. The molecule has 0 saturated heterocycles. The van der Waals surface area contributed by atoms with Gasteiger partial charge in [0, 0.05) is 18.0 Å². The van der Waals surface area contributed by atoms with Crippen LogP contribution in [0.2, 0.25) is 0 Å². The van der Waals surface area contributed by atoms with Gasteiger partial charge in [0.15, 0.2) is 0 Å². The van der Waals surface area contributed by atoms with Gasteiger partial charge in [-0.15, -0.1) is 11.8 Å². The lowest BCUT2D eigenvalue weighted by molar-refractivity contribution is -0.116. The van der Waals surface area contributed by atoms with Crippen molar-refractivity contribution in [3.8, 4) is 6.07 Å². The zero-order valence-corrected chi connectivity index (χ0v) is 13.3. The van der Waals surface area contributed by atoms with Crippen molar-refractivity contribution in [3.63, 3.8) is 0 Å². The SMILES string of the molecule is CCN(C(=O)CSCc1ccccc1C#N)c1ccccc1. The van der Waals surface area contributed by atoms with E-state index in [0.717, 1.165) is 11.3 Å². The number of carbonyl (C=O) groups is 1. The lowest BCUT2D eigenvalue weighted by Gasteiger charge is -2.20. The van der Waals surface area contributed by atoms with E-state index in [1.54, 1.807) is 22.7 Å². The van der Waals surface area contributed by atoms with Crippen LogP contribution < -0.4 is 4.90 Å². The topological polar surface area (TPSA) is 44.1 Å². The van der Waals surface area contributed by atoms with Gasteiger partial charge in [0.25, 0.3) is 0 Å². The number of nitriles is 1. The van der Waals surface area contributed by atoms with E-state index in [1.165, 1.54) is 0 Å². The molecule has 112 valence electrons. The van der Waals surface area contributed by atoms with Gasteiger partial charge in [-0.05, 0) is 30.7 Å². The molecule has 0 aliphatic heterocycles. The number of amides is 1. The fourth-order valence-corrected chi connectivity index (χ4v) is 3.10. The number of hydrogen-bond acceptors (Lipinski definition) is 3. The molecule has 0 N–H and O–H groups in total. The van der Waals surface area contributed by atoms with Crippen molar-refractivity contribution in [2.45, 2.75) is 12.7 Å². The first-order chi connectivity index (χ1) is 10.8. The zero-order chi connectivity index (χ0) is 15.8. The Morgan fingerprint density at radius 1 is 1.14 bits per heavy atom. The van der Waals surface area contributed by atoms with Gasteiger partial charge in [-0.25, -0.2) is 0 Å². The summed E-state index contributed by atoms with van der Waals surface area (Å²) < 4.78 is 0. The Balaban J connectivity index is 1.94. The number of thioether (sulfide) groups is 1. The third-order valence-electron chi connectivity index (χ3n) is 3.31. The summed E-state index contributed by atoms with van der Waals surface area (Å²) in [5.41, 5.74) is 2.58. The molecule has 3 nitrogen and oxygen atoms in total. The van der Waals surface area contributed by atoms with Crippen LogP contribution in [0.5, 0.6) is 0 Å². The van der Waals surface area contributed by atoms with Gasteiger partial charge in [0.2, 0.25) is 5.91 Å². The van der Waals surface area contributed by atoms with E-state index in [0.29, 0.717) is 23.6 Å². The molecule has 0 unspecified atom stereocenters. The van der Waals surface area contributed by atoms with Crippen LogP contribution in [-0.2, 0) is 10.5 Å². The second-order valence-corrected chi connectivity index (χ2v) is 5.72. The van der Waals surface area contributed by atoms with Crippen molar-refractivity contribution in [2.75, 3.05) is 17.2 Å². The number of nitrogens with zero attached hydrogens (tertiary/aromatic N) is 2. The molecule has 2 aromatic rings. The molecule has 0 spiro atoms. The summed E-state index contributed by atoms with van der Waals surface area (Å²) in [7, 11) is 0. The Morgan fingerprint density at radius 2 is 1.82 bits per heavy atom. The Hall–Kier alpha value is -2.25. The summed E-state index contributed by atoms with van der Waals surface area (Å²) in [6.07, 6.45) is 0. The van der Waals surface area contributed by atoms with Crippen LogP contribution in [0.25, 0.3) is 0 Å². The van der Waals surface area contributed by atoms with Gasteiger partial charge in [0.1, 0.15) is 0 Å². The van der Waals surface area contributed by atoms with Crippen molar-refractivity contribution >= 4 is 23.4 Å². The van der Waals surface area contributed by atoms with Gasteiger partial charge in [-0.1, -0.05) is 36.4 Å². The van der Waals surface area contributed by atoms with Gasteiger partial charge in [-0.2, -0.15) is 5.26 Å². The molecular formula is C18H18N2OS. The quantitative estimate of drug-likeness (QED) is 0.814. The maximum atomic E-state index is 12.4. The van der Waals surface area contributed by atoms with E-state index in [1.807, 2.05) is 55.5 Å². The van der Waals surface area contributed by atoms with E-state index in [-0.39, 0.29) is 5.91 Å². The summed E-state index contributed by atoms with van der Waals surface area (Å²) in [4.78, 5) is 14.1. The Labute approximate surface area is 135 Å². The first-order valence-electron chi connectivity index (χ1n) is 7.17. The van der Waals surface area contributed by atoms with Crippen LogP contribution in [-0.4, -0.2) is 18.2 Å². The molecule has 1 amide bonds. The third-order valence-corrected chi connectivity index (χ3v) is 4.27. The van der Waals surface area contributed by atoms with Crippen LogP contribution in [0.15, 0.2) is 54.6 Å². The molecule has 22 heavy (non-hydrogen) atoms. The number of benzene rings is 2. The van der Waals surface area contributed by atoms with Crippen molar-refractivity contribution in [1.82, 2.24) is 0 Å². The standard InChI is InChI=1S/C18H18N2OS/c1-2-20(17-10-4-3-5-11-17)18(21)14-22-13-16-9-7-6-8-15(16)12-19/h3-11H,2,13-14H2,1H3. The third kappa shape index (κ3) is 4.12. The Bertz CT molecular complexity index is 664. The molecule has 0 heterocycles. The molecule has 0 aliphatic carbocycles. The van der Waals surface area contributed by atoms with Crippen molar-refractivity contribution in [3.05, 3.63) is 65.7 Å². The van der Waals surface area contributed by atoms with E-state index in [4.69, 9.17) is 5.26 Å². The van der Waals surface area contributed by atoms with Gasteiger partial charge in [0.05, 0.1) is 17.4 Å². The molecule has 0 saturated carbocycles. The summed E-state index contributed by atoms with van der Waals surface area (Å²) in [6, 6.07) is 19.4. The molecule has 0 fully saturated rings. The van der Waals surface area contributed by atoms with Crippen molar-refractivity contribution in [2.24, 2.45) is 0 Å². The molecule has 0 aliphatic rings. The van der Waals surface area contributed by atoms with E-state index in [2.05, 4.69) is 6.07 Å². The highest BCUT2D eigenvalue weighted by Gasteiger charge is 2.13. The molecular weight excluding hydrogens is 292 g/mol. The van der Waals surface area contributed by atoms with Crippen LogP contribution >= 0.6 is 11.8 Å². The largest absolute Gasteiger partial charge is 0.312 e. The number of rotatable bonds is 6. The Kier molecular flexibility index (Phi) is 6.05. The monoisotopic (exact) mass is 310 g/mol. The lowest BCUT2D eigenvalue weighted by atomic mass is 10.1. The smallest absolute Gasteiger partial charge is 0.236 e. The first-order valence-corrected chi connectivity index (χ1v) is 8.33. The van der Waals surface area contributed by atoms with Crippen molar-refractivity contribution < 1.29 is 4.79 Å². The van der Waals surface area contributed by atoms with Gasteiger partial charge in [-0.3, -0.25) is 4.79 Å². The fraction of sp³-hybridized carbons (Fsp3) is 0.222. The number of hydrogen-bond donors (Lipinski definition) is 0. The predicted molar refractivity (Wildman–Crippen MR) is 91.8 cm³/mol. The molecule has 2 rings (SSSR count). The summed E-state index contributed by atoms with van der Waals surface area (Å²) in [5.74, 6) is 1.16. The molecule has 0 atom stereocenters. The average Bonchev–Trinajstić information content (AvgIpc) is 2.57. The molecule has 0 bridgehead atoms. The van der Waals surface area contributed by atoms with Crippen LogP contribution in [0, 0.1) is 11.3 Å². The number of anilines is 1.